The van der Waals surface area contributed by atoms with E-state index in [0.717, 1.165) is 110 Å². The Bertz CT molecular complexity index is 1850. The maximum Gasteiger partial charge on any atom is 0.145 e. The van der Waals surface area contributed by atoms with Gasteiger partial charge in [0, 0.05) is 0 Å². The highest BCUT2D eigenvalue weighted by Crippen LogP contribution is 2.39. The molecule has 0 N–H and O–H groups in total. The number of hydrogen-bond donors (Lipinski definition) is 0. The summed E-state index contributed by atoms with van der Waals surface area (Å²) in [6.07, 6.45) is 2.56. The van der Waals surface area contributed by atoms with E-state index in [0.29, 0.717) is 33.0 Å². The summed E-state index contributed by atoms with van der Waals surface area (Å²) in [6.45, 7) is 22.6. The van der Waals surface area contributed by atoms with Crippen molar-refractivity contribution in [1.82, 2.24) is 0 Å². The molecule has 4 aromatic rings. The van der Waals surface area contributed by atoms with E-state index in [2.05, 4.69) is 113 Å². The van der Waals surface area contributed by atoms with Crippen molar-refractivity contribution in [1.29, 1.82) is 0 Å². The fourth-order valence-electron chi connectivity index (χ4n) is 6.44. The highest BCUT2D eigenvalue weighted by atomic mass is 16.6. The molecule has 3 saturated heterocycles. The number of ether oxygens (including phenoxy) is 6. The molecule has 7 rings (SSSR count). The summed E-state index contributed by atoms with van der Waals surface area (Å²) in [5.74, 6) is 2.65. The molecule has 6 nitrogen and oxygen atoms in total. The second kappa shape index (κ2) is 15.3. The van der Waals surface area contributed by atoms with Crippen LogP contribution in [-0.4, -0.2) is 58.0 Å². The fourth-order valence-corrected chi connectivity index (χ4v) is 6.44. The first kappa shape index (κ1) is 34.8. The Morgan fingerprint density at radius 2 is 0.902 bits per heavy atom. The minimum atomic E-state index is 0.0870. The van der Waals surface area contributed by atoms with Crippen LogP contribution in [0, 0.1) is 0 Å². The van der Waals surface area contributed by atoms with Gasteiger partial charge in [-0.05, 0) is 145 Å². The van der Waals surface area contributed by atoms with E-state index in [1.165, 1.54) is 0 Å². The monoisotopic (exact) mass is 684 g/mol. The van der Waals surface area contributed by atoms with E-state index >= 15 is 0 Å². The maximum absolute atomic E-state index is 6.33. The molecular formula is C45H48O6. The largest absolute Gasteiger partial charge is 0.490 e. The normalized spacial score (nSPS) is 16.9. The van der Waals surface area contributed by atoms with Gasteiger partial charge < -0.3 is 28.4 Å². The van der Waals surface area contributed by atoms with Crippen molar-refractivity contribution in [3.63, 3.8) is 0 Å². The molecule has 3 aliphatic rings. The molecule has 1 atom stereocenters. The number of rotatable bonds is 16. The molecule has 0 aromatic heterocycles. The molecule has 0 saturated carbocycles. The molecule has 0 bridgehead atoms. The first-order chi connectivity index (χ1) is 24.7. The minimum Gasteiger partial charge on any atom is -0.490 e. The summed E-state index contributed by atoms with van der Waals surface area (Å²) in [6, 6.07) is 26.4. The average Bonchev–Trinajstić information content (AvgIpc) is 3.88. The molecular weight excluding hydrogens is 636 g/mol. The van der Waals surface area contributed by atoms with Crippen LogP contribution >= 0.6 is 0 Å². The first-order valence-corrected chi connectivity index (χ1v) is 17.9. The van der Waals surface area contributed by atoms with E-state index in [4.69, 9.17) is 28.4 Å². The lowest BCUT2D eigenvalue weighted by molar-refractivity contribution is -0.0799. The summed E-state index contributed by atoms with van der Waals surface area (Å²) >= 11 is 0. The van der Waals surface area contributed by atoms with Crippen molar-refractivity contribution in [2.75, 3.05) is 39.6 Å². The Morgan fingerprint density at radius 3 is 1.24 bits per heavy atom. The summed E-state index contributed by atoms with van der Waals surface area (Å²) in [7, 11) is 0. The highest BCUT2D eigenvalue weighted by Gasteiger charge is 2.25. The molecule has 6 heteroatoms. The van der Waals surface area contributed by atoms with E-state index in [1.54, 1.807) is 0 Å². The van der Waals surface area contributed by atoms with Gasteiger partial charge in [0.25, 0.3) is 0 Å². The molecule has 0 amide bonds. The molecule has 3 heterocycles. The smallest absolute Gasteiger partial charge is 0.145 e. The standard InChI is InChI=1S/C45H48O6/c1-28(2)13-37-16-31(7-10-43(37)49-27-40-26-48-40)34-19-35(32-8-11-44(50-41-22-46-23-41)38(17-32)14-29(3)4)21-36(20-34)33-9-12-45(51-42-24-47-25-42)39(18-33)15-30(5)6/h7-12,16-21,40-42H,1,3,5,13-15,22-27H2,2,4,6H3. The van der Waals surface area contributed by atoms with Crippen LogP contribution in [0.4, 0.5) is 0 Å². The average molecular weight is 685 g/mol. The summed E-state index contributed by atoms with van der Waals surface area (Å²) < 4.78 is 35.0. The second-order valence-corrected chi connectivity index (χ2v) is 14.5. The highest BCUT2D eigenvalue weighted by molar-refractivity contribution is 5.82. The molecule has 3 aliphatic heterocycles. The Balaban J connectivity index is 1.32. The number of allylic oxidation sites excluding steroid dienone is 3. The van der Waals surface area contributed by atoms with Crippen LogP contribution in [0.3, 0.4) is 0 Å². The van der Waals surface area contributed by atoms with Gasteiger partial charge in [-0.1, -0.05) is 54.7 Å². The van der Waals surface area contributed by atoms with E-state index < -0.39 is 0 Å². The number of hydrogen-bond acceptors (Lipinski definition) is 6. The van der Waals surface area contributed by atoms with Gasteiger partial charge in [0.15, 0.2) is 0 Å². The third kappa shape index (κ3) is 8.82. The third-order valence-corrected chi connectivity index (χ3v) is 9.22. The minimum absolute atomic E-state index is 0.0870. The quantitative estimate of drug-likeness (QED) is 0.0866. The lowest BCUT2D eigenvalue weighted by atomic mass is 9.90. The van der Waals surface area contributed by atoms with Gasteiger partial charge in [-0.25, -0.2) is 0 Å². The zero-order chi connectivity index (χ0) is 35.5. The van der Waals surface area contributed by atoms with E-state index in [9.17, 15) is 0 Å². The van der Waals surface area contributed by atoms with Crippen LogP contribution < -0.4 is 14.2 Å². The van der Waals surface area contributed by atoms with E-state index in [-0.39, 0.29) is 18.3 Å². The Kier molecular flexibility index (Phi) is 10.5. The lowest BCUT2D eigenvalue weighted by Gasteiger charge is -2.28. The molecule has 1 unspecified atom stereocenters. The number of epoxide rings is 1. The summed E-state index contributed by atoms with van der Waals surface area (Å²) in [5.41, 5.74) is 13.3. The zero-order valence-electron chi connectivity index (χ0n) is 30.1. The van der Waals surface area contributed by atoms with Crippen molar-refractivity contribution in [3.05, 3.63) is 126 Å². The lowest BCUT2D eigenvalue weighted by Crippen LogP contribution is -2.38. The molecule has 264 valence electrons. The van der Waals surface area contributed by atoms with Crippen LogP contribution in [0.2, 0.25) is 0 Å². The van der Waals surface area contributed by atoms with Crippen molar-refractivity contribution in [2.45, 2.75) is 58.3 Å². The van der Waals surface area contributed by atoms with Crippen LogP contribution in [0.5, 0.6) is 17.2 Å². The third-order valence-electron chi connectivity index (χ3n) is 9.22. The molecule has 0 spiro atoms. The van der Waals surface area contributed by atoms with E-state index in [1.807, 2.05) is 0 Å². The summed E-state index contributed by atoms with van der Waals surface area (Å²) in [5, 5.41) is 0. The van der Waals surface area contributed by atoms with Crippen molar-refractivity contribution in [2.24, 2.45) is 0 Å². The van der Waals surface area contributed by atoms with Gasteiger partial charge in [-0.15, -0.1) is 0 Å². The van der Waals surface area contributed by atoms with Gasteiger partial charge in [-0.3, -0.25) is 0 Å². The SMILES string of the molecule is C=C(C)Cc1cc(-c2cc(-c3ccc(OC4COC4)c(CC(=C)C)c3)cc(-c3ccc(OC4COC4)c(CC(=C)C)c3)c2)ccc1OCC1CO1. The topological polar surface area (TPSA) is 58.7 Å². The molecule has 51 heavy (non-hydrogen) atoms. The predicted octanol–water partition coefficient (Wildman–Crippen LogP) is 9.38. The van der Waals surface area contributed by atoms with Crippen molar-refractivity contribution in [3.8, 4) is 50.6 Å². The van der Waals surface area contributed by atoms with Gasteiger partial charge in [0.1, 0.15) is 42.2 Å². The van der Waals surface area contributed by atoms with Crippen molar-refractivity contribution >= 4 is 0 Å². The molecule has 0 aliphatic carbocycles. The summed E-state index contributed by atoms with van der Waals surface area (Å²) in [4.78, 5) is 0. The van der Waals surface area contributed by atoms with Crippen LogP contribution in [-0.2, 0) is 33.5 Å². The second-order valence-electron chi connectivity index (χ2n) is 14.5. The van der Waals surface area contributed by atoms with Gasteiger partial charge in [0.2, 0.25) is 0 Å². The molecule has 3 fully saturated rings. The first-order valence-electron chi connectivity index (χ1n) is 17.9. The van der Waals surface area contributed by atoms with Crippen molar-refractivity contribution < 1.29 is 28.4 Å². The maximum atomic E-state index is 6.33. The van der Waals surface area contributed by atoms with Gasteiger partial charge in [0.05, 0.1) is 33.0 Å². The molecule has 0 radical (unpaired) electrons. The molecule has 4 aromatic carbocycles. The predicted molar refractivity (Wildman–Crippen MR) is 204 cm³/mol. The Labute approximate surface area is 302 Å². The van der Waals surface area contributed by atoms with Crippen LogP contribution in [0.15, 0.2) is 109 Å². The number of benzene rings is 4. The Hall–Kier alpha value is -4.62. The fraction of sp³-hybridized carbons (Fsp3) is 0.333. The Morgan fingerprint density at radius 1 is 0.529 bits per heavy atom. The van der Waals surface area contributed by atoms with Crippen LogP contribution in [0.25, 0.3) is 33.4 Å². The van der Waals surface area contributed by atoms with Gasteiger partial charge >= 0.3 is 0 Å². The van der Waals surface area contributed by atoms with Crippen LogP contribution in [0.1, 0.15) is 37.5 Å². The van der Waals surface area contributed by atoms with Gasteiger partial charge in [-0.2, -0.15) is 0 Å². The zero-order valence-corrected chi connectivity index (χ0v) is 30.1.